The quantitative estimate of drug-likeness (QED) is 0.0137. The lowest BCUT2D eigenvalue weighted by atomic mass is 10.1. The number of methoxy groups -OCH3 is 3. The van der Waals surface area contributed by atoms with Crippen molar-refractivity contribution in [2.24, 2.45) is 0 Å². The summed E-state index contributed by atoms with van der Waals surface area (Å²) in [6, 6.07) is 22.1. The van der Waals surface area contributed by atoms with E-state index in [1.165, 1.54) is 21.1 Å². The average molecular weight is 1530 g/mol. The van der Waals surface area contributed by atoms with E-state index in [1.807, 2.05) is 58.9 Å². The number of hydrogen-bond acceptors (Lipinski definition) is 22. The molecule has 0 aliphatic heterocycles. The Morgan fingerprint density at radius 2 is 0.778 bits per heavy atom. The molecule has 0 aliphatic carbocycles. The van der Waals surface area contributed by atoms with E-state index in [0.717, 1.165) is 51.8 Å². The van der Waals surface area contributed by atoms with Gasteiger partial charge >= 0.3 is 17.9 Å². The van der Waals surface area contributed by atoms with Crippen LogP contribution in [-0.2, 0) is 67.9 Å². The minimum absolute atomic E-state index is 0. The van der Waals surface area contributed by atoms with E-state index in [2.05, 4.69) is 26.0 Å². The Labute approximate surface area is 575 Å². The number of carbonyl (C=O) groups excluding carboxylic acids is 3. The van der Waals surface area contributed by atoms with Crippen LogP contribution in [0.4, 0.5) is 22.7 Å². The second kappa shape index (κ2) is 46.5. The van der Waals surface area contributed by atoms with E-state index in [0.29, 0.717) is 41.2 Å². The highest BCUT2D eigenvalue weighted by atomic mass is 79.9. The molecule has 564 valence electrons. The maximum Gasteiger partial charge on any atom is 0.325 e. The number of alkyl halides is 1. The van der Waals surface area contributed by atoms with Crippen molar-refractivity contribution in [2.45, 2.75) is 147 Å². The number of carbonyl (C=O) groups is 3. The zero-order valence-electron chi connectivity index (χ0n) is 56.4. The van der Waals surface area contributed by atoms with Crippen LogP contribution in [0.15, 0.2) is 119 Å². The zero-order chi connectivity index (χ0) is 69.4. The predicted molar refractivity (Wildman–Crippen MR) is 342 cm³/mol. The summed E-state index contributed by atoms with van der Waals surface area (Å²) in [6.07, 6.45) is 0.387. The van der Waals surface area contributed by atoms with E-state index in [-0.39, 0.29) is 69.0 Å². The van der Waals surface area contributed by atoms with Gasteiger partial charge in [0.05, 0.1) is 53.2 Å². The molecule has 0 bridgehead atoms. The van der Waals surface area contributed by atoms with Crippen LogP contribution in [0.3, 0.4) is 0 Å². The predicted octanol–water partition coefficient (Wildman–Crippen LogP) is -13.8. The van der Waals surface area contributed by atoms with E-state index in [4.69, 9.17) is 28.4 Å². The molecule has 39 heteroatoms. The Morgan fingerprint density at radius 1 is 0.475 bits per heavy atom. The molecule has 0 fully saturated rings. The fourth-order valence-electron chi connectivity index (χ4n) is 7.96. The third-order valence-corrected chi connectivity index (χ3v) is 15.4. The maximum absolute atomic E-state index is 13.6. The van der Waals surface area contributed by atoms with Crippen molar-refractivity contribution in [3.8, 4) is 17.2 Å². The molecule has 2 N–H and O–H groups in total. The zero-order valence-corrected chi connectivity index (χ0v) is 59.6. The van der Waals surface area contributed by atoms with Crippen molar-refractivity contribution in [1.82, 2.24) is 14.3 Å². The number of non-ortho nitro benzene ring substituents is 2. The first-order valence-corrected chi connectivity index (χ1v) is 32.0. The van der Waals surface area contributed by atoms with E-state index >= 15 is 0 Å². The highest BCUT2D eigenvalue weighted by molar-refractivity contribution is 9.09. The minimum atomic E-state index is -4.66. The molecule has 3 atom stereocenters. The number of rotatable bonds is 25. The number of hydrogen-bond donors (Lipinski definition) is 2. The summed E-state index contributed by atoms with van der Waals surface area (Å²) in [5.74, 6) is -0.0327. The van der Waals surface area contributed by atoms with Gasteiger partial charge < -0.3 is 71.4 Å². The minimum Gasteiger partial charge on any atom is -1.00 e. The summed E-state index contributed by atoms with van der Waals surface area (Å²) < 4.78 is 87.7. The van der Waals surface area contributed by atoms with Crippen LogP contribution in [0.1, 0.15) is 99.8 Å². The number of nitro groups is 4. The van der Waals surface area contributed by atoms with Crippen molar-refractivity contribution < 1.29 is 117 Å². The average Bonchev–Trinajstić information content (AvgIpc) is 0.776. The Balaban J connectivity index is -0.000000249. The molecule has 99 heavy (non-hydrogen) atoms. The van der Waals surface area contributed by atoms with E-state index in [1.54, 1.807) is 97.2 Å². The highest BCUT2D eigenvalue weighted by Gasteiger charge is 2.41. The molecule has 0 spiro atoms. The molecule has 0 amide bonds. The lowest BCUT2D eigenvalue weighted by Gasteiger charge is -2.31. The van der Waals surface area contributed by atoms with Crippen LogP contribution in [0.25, 0.3) is 0 Å². The number of sulfonamides is 2. The molecule has 0 saturated heterocycles. The molecule has 0 heterocycles. The number of halogens is 9. The Bertz CT molecular complexity index is 3540. The lowest BCUT2D eigenvalue weighted by molar-refractivity contribution is -0.396. The maximum atomic E-state index is 13.6. The van der Waals surface area contributed by atoms with Crippen molar-refractivity contribution >= 4 is 76.6 Å². The van der Waals surface area contributed by atoms with Crippen molar-refractivity contribution in [2.75, 3.05) is 39.7 Å². The van der Waals surface area contributed by atoms with E-state index < -0.39 is 113 Å². The number of nitro benzene ring substituents is 4. The summed E-state index contributed by atoms with van der Waals surface area (Å²) >= 11 is 3.15. The first kappa shape index (κ1) is 104. The monoisotopic (exact) mass is 1530 g/mol. The first-order valence-electron chi connectivity index (χ1n) is 28.0. The second-order valence-corrected chi connectivity index (χ2v) is 27.0. The van der Waals surface area contributed by atoms with Gasteiger partial charge in [-0.1, -0.05) is 73.1 Å². The SMILES string of the molecule is CCBr.CCN(C(Cc1ccc(OC)cc1)C(=O)OC(C)(C)C)S(=O)(=O)c1ccc([N+](=O)[O-])cc1[N+](=O)[O-].CCNC(Cc1ccc(OC)cc1)C(=O)OC(C)(C)C.COc1ccc(CC(NS(=O)(=O)c2ccc([N+](=O)[O-])cc2[N+](=O)[O-])C(=O)OC(C)(C)C)cc1.[F-].[F-].[F-].[F-].[F-].[F-].[F-].[F-]. The number of likely N-dealkylation sites (N-methyl/N-ethyl adjacent to an activating group) is 2. The van der Waals surface area contributed by atoms with Gasteiger partial charge in [0.1, 0.15) is 52.2 Å². The normalized spacial score (nSPS) is 11.5. The van der Waals surface area contributed by atoms with Crippen molar-refractivity contribution in [3.05, 3.63) is 166 Å². The van der Waals surface area contributed by atoms with Crippen LogP contribution in [-0.4, -0.2) is 133 Å². The summed E-state index contributed by atoms with van der Waals surface area (Å²) in [5.41, 5.74) is -3.36. The van der Waals surface area contributed by atoms with Gasteiger partial charge in [0.15, 0.2) is 9.79 Å². The molecule has 0 aliphatic rings. The third kappa shape index (κ3) is 34.5. The molecule has 3 unspecified atom stereocenters. The Hall–Kier alpha value is -8.79. The van der Waals surface area contributed by atoms with Crippen molar-refractivity contribution in [1.29, 1.82) is 0 Å². The molecule has 0 aromatic heterocycles. The topological polar surface area (TPSA) is 375 Å². The molecular formula is C60H80BrF8N7O21S2-8. The Morgan fingerprint density at radius 3 is 1.08 bits per heavy atom. The summed E-state index contributed by atoms with van der Waals surface area (Å²) in [7, 11) is -4.71. The van der Waals surface area contributed by atoms with E-state index in [9.17, 15) is 71.7 Å². The molecule has 5 aromatic rings. The second-order valence-electron chi connectivity index (χ2n) is 22.4. The largest absolute Gasteiger partial charge is 1.00 e. The summed E-state index contributed by atoms with van der Waals surface area (Å²) in [4.78, 5) is 77.7. The molecule has 5 aromatic carbocycles. The fourth-order valence-corrected chi connectivity index (χ4v) is 11.0. The number of nitrogens with one attached hydrogen (secondary N) is 2. The molecule has 5 rings (SSSR count). The molecule has 0 radical (unpaired) electrons. The highest BCUT2D eigenvalue weighted by Crippen LogP contribution is 2.33. The third-order valence-electron chi connectivity index (χ3n) is 11.8. The van der Waals surface area contributed by atoms with Gasteiger partial charge in [0.2, 0.25) is 10.0 Å². The van der Waals surface area contributed by atoms with Crippen molar-refractivity contribution in [3.63, 3.8) is 0 Å². The van der Waals surface area contributed by atoms with Gasteiger partial charge in [0, 0.05) is 24.0 Å². The van der Waals surface area contributed by atoms with Crippen LogP contribution >= 0.6 is 15.9 Å². The number of ether oxygens (including phenoxy) is 6. The van der Waals surface area contributed by atoms with Crippen LogP contribution in [0.2, 0.25) is 0 Å². The summed E-state index contributed by atoms with van der Waals surface area (Å²) in [6.45, 7) is 21.3. The number of nitrogens with zero attached hydrogens (tertiary/aromatic N) is 5. The van der Waals surface area contributed by atoms with Gasteiger partial charge in [-0.15, -0.1) is 0 Å². The first-order chi connectivity index (χ1) is 42.2. The van der Waals surface area contributed by atoms with Gasteiger partial charge in [-0.05, 0) is 153 Å². The fraction of sp³-hybridized carbons (Fsp3) is 0.450. The van der Waals surface area contributed by atoms with Gasteiger partial charge in [-0.2, -0.15) is 9.03 Å². The molecule has 0 saturated carbocycles. The van der Waals surface area contributed by atoms with Crippen LogP contribution < -0.4 is 61.9 Å². The van der Waals surface area contributed by atoms with Crippen LogP contribution in [0, 0.1) is 40.5 Å². The number of benzene rings is 5. The van der Waals surface area contributed by atoms with Gasteiger partial charge in [-0.3, -0.25) is 54.8 Å². The summed E-state index contributed by atoms with van der Waals surface area (Å²) in [5, 5.41) is 49.2. The lowest BCUT2D eigenvalue weighted by Crippen LogP contribution is -3.00. The van der Waals surface area contributed by atoms with Gasteiger partial charge in [-0.25, -0.2) is 16.8 Å². The molecule has 28 nitrogen and oxygen atoms in total. The van der Waals surface area contributed by atoms with Crippen LogP contribution in [0.5, 0.6) is 17.2 Å². The van der Waals surface area contributed by atoms with Gasteiger partial charge in [0.25, 0.3) is 32.8 Å². The molecular weight excluding hydrogens is 1450 g/mol. The smallest absolute Gasteiger partial charge is 0.325 e. The Kier molecular flexibility index (Phi) is 48.7. The standard InChI is InChI=1S/C22H27N3O9S.C20H23N3O9S.C16H25NO3.C2H5Br.8FH/c1-6-23(35(31,32)20-12-9-16(24(27)28)14-18(20)25(29)30)19(21(26)34-22(2,3)4)13-15-7-10-17(33-5)11-8-15;1-20(2,3)32-19(24)16(11-13-5-8-15(31-4)9-6-13)21-33(29,30)18-10-7-14(22(25)26)12-17(18)23(27)28;1-6-17-14(15(18)20-16(2,3)4)11-12-7-9-13(19-5)10-8-12;1-2-3;;;;;;;;/h7-12,14,19H,6,13H2,1-5H3;5-10,12,16,21H,11H2,1-4H3;7-10,14,17H,6,11H2,1-5H3;2H2,1H3;8*1H/p-8. The number of esters is 3.